The van der Waals surface area contributed by atoms with Crippen LogP contribution in [0.3, 0.4) is 0 Å². The highest BCUT2D eigenvalue weighted by Gasteiger charge is 2.05. The summed E-state index contributed by atoms with van der Waals surface area (Å²) in [6.07, 6.45) is 19.8. The van der Waals surface area contributed by atoms with Crippen LogP contribution in [0.25, 0.3) is 0 Å². The fraction of sp³-hybridized carbons (Fsp3) is 0.913. The summed E-state index contributed by atoms with van der Waals surface area (Å²) in [4.78, 5) is 0. The van der Waals surface area contributed by atoms with Gasteiger partial charge in [0.25, 0.3) is 0 Å². The summed E-state index contributed by atoms with van der Waals surface area (Å²) in [5.41, 5.74) is 1.47. The van der Waals surface area contributed by atoms with Gasteiger partial charge in [-0.05, 0) is 38.5 Å². The maximum Gasteiger partial charge on any atom is 0.0804 e. The van der Waals surface area contributed by atoms with Crippen LogP contribution in [0, 0.1) is 0 Å². The molecular formula is C23H46O2. The van der Waals surface area contributed by atoms with Crippen molar-refractivity contribution in [3.05, 3.63) is 12.2 Å². The van der Waals surface area contributed by atoms with E-state index in [-0.39, 0.29) is 6.10 Å². The maximum atomic E-state index is 5.72. The molecule has 1 atom stereocenters. The smallest absolute Gasteiger partial charge is 0.0804 e. The van der Waals surface area contributed by atoms with E-state index in [1.165, 1.54) is 89.0 Å². The molecule has 0 aromatic carbocycles. The van der Waals surface area contributed by atoms with Gasteiger partial charge in [-0.1, -0.05) is 83.8 Å². The van der Waals surface area contributed by atoms with Crippen molar-refractivity contribution in [1.29, 1.82) is 0 Å². The molecule has 0 heterocycles. The molecule has 2 nitrogen and oxygen atoms in total. The third-order valence-electron chi connectivity index (χ3n) is 4.95. The number of ether oxygens (including phenoxy) is 2. The Morgan fingerprint density at radius 2 is 1.32 bits per heavy atom. The molecular weight excluding hydrogens is 308 g/mol. The first-order valence-electron chi connectivity index (χ1n) is 11.0. The first kappa shape index (κ1) is 24.7. The third-order valence-corrected chi connectivity index (χ3v) is 4.95. The second-order valence-corrected chi connectivity index (χ2v) is 7.51. The normalized spacial score (nSPS) is 12.4. The van der Waals surface area contributed by atoms with Crippen molar-refractivity contribution < 1.29 is 9.47 Å². The molecule has 0 saturated heterocycles. The summed E-state index contributed by atoms with van der Waals surface area (Å²) in [6, 6.07) is 0. The van der Waals surface area contributed by atoms with Gasteiger partial charge in [0.1, 0.15) is 0 Å². The highest BCUT2D eigenvalue weighted by Crippen LogP contribution is 2.16. The second-order valence-electron chi connectivity index (χ2n) is 7.51. The van der Waals surface area contributed by atoms with E-state index in [0.29, 0.717) is 0 Å². The molecule has 0 spiro atoms. The molecule has 0 saturated carbocycles. The van der Waals surface area contributed by atoms with Gasteiger partial charge in [0.15, 0.2) is 0 Å². The van der Waals surface area contributed by atoms with Crippen molar-refractivity contribution in [3.8, 4) is 0 Å². The first-order valence-corrected chi connectivity index (χ1v) is 11.0. The average Bonchev–Trinajstić information content (AvgIpc) is 2.62. The first-order chi connectivity index (χ1) is 12.2. The standard InChI is InChI=1S/C23H46O2/c1-5-7-8-9-10-11-14-18-22(3)19-15-12-13-16-20-25-21-23(24-4)17-6-2/h23H,3,5-21H2,1-2,4H3. The molecule has 1 unspecified atom stereocenters. The summed E-state index contributed by atoms with van der Waals surface area (Å²) in [6.45, 7) is 10.4. The predicted molar refractivity (Wildman–Crippen MR) is 111 cm³/mol. The van der Waals surface area contributed by atoms with Crippen LogP contribution >= 0.6 is 0 Å². The Bertz CT molecular complexity index is 275. The summed E-state index contributed by atoms with van der Waals surface area (Å²) in [5, 5.41) is 0. The molecule has 0 radical (unpaired) electrons. The Hall–Kier alpha value is -0.340. The minimum Gasteiger partial charge on any atom is -0.379 e. The van der Waals surface area contributed by atoms with Gasteiger partial charge in [-0.3, -0.25) is 0 Å². The van der Waals surface area contributed by atoms with Gasteiger partial charge in [-0.2, -0.15) is 0 Å². The Morgan fingerprint density at radius 1 is 0.760 bits per heavy atom. The van der Waals surface area contributed by atoms with Gasteiger partial charge >= 0.3 is 0 Å². The van der Waals surface area contributed by atoms with Crippen LogP contribution in [-0.4, -0.2) is 26.4 Å². The lowest BCUT2D eigenvalue weighted by molar-refractivity contribution is 0.00308. The lowest BCUT2D eigenvalue weighted by Crippen LogP contribution is -2.18. The number of rotatable bonds is 20. The number of allylic oxidation sites excluding steroid dienone is 1. The van der Waals surface area contributed by atoms with E-state index in [2.05, 4.69) is 20.4 Å². The summed E-state index contributed by atoms with van der Waals surface area (Å²) in [7, 11) is 1.78. The second kappa shape index (κ2) is 20.0. The van der Waals surface area contributed by atoms with Crippen molar-refractivity contribution in [3.63, 3.8) is 0 Å². The van der Waals surface area contributed by atoms with E-state index in [9.17, 15) is 0 Å². The molecule has 0 aliphatic carbocycles. The highest BCUT2D eigenvalue weighted by atomic mass is 16.5. The monoisotopic (exact) mass is 354 g/mol. The van der Waals surface area contributed by atoms with Gasteiger partial charge in [0.2, 0.25) is 0 Å². The molecule has 0 fully saturated rings. The third kappa shape index (κ3) is 18.3. The topological polar surface area (TPSA) is 18.5 Å². The van der Waals surface area contributed by atoms with Gasteiger partial charge in [0.05, 0.1) is 12.7 Å². The van der Waals surface area contributed by atoms with Crippen LogP contribution in [0.15, 0.2) is 12.2 Å². The minimum absolute atomic E-state index is 0.278. The Kier molecular flexibility index (Phi) is 19.7. The van der Waals surface area contributed by atoms with E-state index in [0.717, 1.165) is 26.1 Å². The summed E-state index contributed by atoms with van der Waals surface area (Å²) < 4.78 is 11.1. The van der Waals surface area contributed by atoms with Crippen LogP contribution in [0.5, 0.6) is 0 Å². The van der Waals surface area contributed by atoms with E-state index < -0.39 is 0 Å². The lowest BCUT2D eigenvalue weighted by Gasteiger charge is -2.14. The maximum absolute atomic E-state index is 5.72. The molecule has 0 bridgehead atoms. The zero-order chi connectivity index (χ0) is 18.6. The number of hydrogen-bond donors (Lipinski definition) is 0. The zero-order valence-corrected chi connectivity index (χ0v) is 17.6. The van der Waals surface area contributed by atoms with Crippen LogP contribution < -0.4 is 0 Å². The van der Waals surface area contributed by atoms with Crippen LogP contribution in [0.4, 0.5) is 0 Å². The summed E-state index contributed by atoms with van der Waals surface area (Å²) in [5.74, 6) is 0. The number of unbranched alkanes of at least 4 members (excludes halogenated alkanes) is 9. The Morgan fingerprint density at radius 3 is 1.88 bits per heavy atom. The largest absolute Gasteiger partial charge is 0.379 e. The minimum atomic E-state index is 0.278. The number of hydrogen-bond acceptors (Lipinski definition) is 2. The molecule has 0 aliphatic rings. The van der Waals surface area contributed by atoms with Crippen LogP contribution in [-0.2, 0) is 9.47 Å². The lowest BCUT2D eigenvalue weighted by atomic mass is 10.0. The van der Waals surface area contributed by atoms with Crippen molar-refractivity contribution >= 4 is 0 Å². The molecule has 0 N–H and O–H groups in total. The highest BCUT2D eigenvalue weighted by molar-refractivity contribution is 4.93. The van der Waals surface area contributed by atoms with Gasteiger partial charge in [0, 0.05) is 13.7 Å². The molecule has 25 heavy (non-hydrogen) atoms. The van der Waals surface area contributed by atoms with Crippen molar-refractivity contribution in [1.82, 2.24) is 0 Å². The summed E-state index contributed by atoms with van der Waals surface area (Å²) >= 11 is 0. The number of methoxy groups -OCH3 is 1. The van der Waals surface area contributed by atoms with Crippen molar-refractivity contribution in [2.24, 2.45) is 0 Å². The molecule has 150 valence electrons. The molecule has 0 amide bonds. The van der Waals surface area contributed by atoms with E-state index in [4.69, 9.17) is 9.47 Å². The molecule has 0 aromatic heterocycles. The van der Waals surface area contributed by atoms with Gasteiger partial charge in [-0.15, -0.1) is 0 Å². The zero-order valence-electron chi connectivity index (χ0n) is 17.6. The van der Waals surface area contributed by atoms with Crippen molar-refractivity contribution in [2.45, 2.75) is 116 Å². The van der Waals surface area contributed by atoms with E-state index in [1.54, 1.807) is 7.11 Å². The average molecular weight is 355 g/mol. The molecule has 0 aromatic rings. The van der Waals surface area contributed by atoms with Crippen LogP contribution in [0.1, 0.15) is 110 Å². The van der Waals surface area contributed by atoms with Gasteiger partial charge in [-0.25, -0.2) is 0 Å². The quantitative estimate of drug-likeness (QED) is 0.167. The Balaban J connectivity index is 3.27. The molecule has 2 heteroatoms. The van der Waals surface area contributed by atoms with E-state index in [1.807, 2.05) is 0 Å². The fourth-order valence-electron chi connectivity index (χ4n) is 3.20. The fourth-order valence-corrected chi connectivity index (χ4v) is 3.20. The van der Waals surface area contributed by atoms with Crippen LogP contribution in [0.2, 0.25) is 0 Å². The van der Waals surface area contributed by atoms with Crippen molar-refractivity contribution in [2.75, 3.05) is 20.3 Å². The molecule has 0 aliphatic heterocycles. The molecule has 0 rings (SSSR count). The predicted octanol–water partition coefficient (Wildman–Crippen LogP) is 7.47. The van der Waals surface area contributed by atoms with Gasteiger partial charge < -0.3 is 9.47 Å². The van der Waals surface area contributed by atoms with E-state index >= 15 is 0 Å². The SMILES string of the molecule is C=C(CCCCCCCCC)CCCCCCOCC(CCC)OC. The Labute approximate surface area is 158 Å².